The Hall–Kier alpha value is -1.15. The minimum atomic E-state index is -1.28. The molecule has 0 aliphatic carbocycles. The molecule has 0 saturated heterocycles. The van der Waals surface area contributed by atoms with E-state index in [1.165, 1.54) is 13.8 Å². The van der Waals surface area contributed by atoms with Crippen molar-refractivity contribution in [1.29, 1.82) is 0 Å². The van der Waals surface area contributed by atoms with Crippen molar-refractivity contribution >= 4 is 5.78 Å². The minimum Gasteiger partial charge on any atom is -0.382 e. The summed E-state index contributed by atoms with van der Waals surface area (Å²) in [4.78, 5) is 11.4. The monoisotopic (exact) mass is 194 g/mol. The van der Waals surface area contributed by atoms with E-state index in [-0.39, 0.29) is 5.78 Å². The first-order valence-corrected chi connectivity index (χ1v) is 4.84. The minimum absolute atomic E-state index is 0.247. The molecule has 0 spiro atoms. The third-order valence-corrected chi connectivity index (χ3v) is 1.59. The molecule has 0 atom stereocenters. The van der Waals surface area contributed by atoms with Crippen LogP contribution in [0.15, 0.2) is 30.3 Å². The van der Waals surface area contributed by atoms with Crippen LogP contribution < -0.4 is 0 Å². The van der Waals surface area contributed by atoms with E-state index in [0.29, 0.717) is 5.56 Å². The van der Waals surface area contributed by atoms with Crippen molar-refractivity contribution in [3.63, 3.8) is 0 Å². The highest BCUT2D eigenvalue weighted by atomic mass is 16.3. The number of ketones is 1. The van der Waals surface area contributed by atoms with Gasteiger partial charge in [-0.1, -0.05) is 44.2 Å². The predicted octanol–water partition coefficient (Wildman–Crippen LogP) is 2.67. The van der Waals surface area contributed by atoms with Crippen molar-refractivity contribution in [3.8, 4) is 0 Å². The van der Waals surface area contributed by atoms with Crippen LogP contribution in [0.5, 0.6) is 0 Å². The van der Waals surface area contributed by atoms with Crippen molar-refractivity contribution in [3.05, 3.63) is 35.9 Å². The molecule has 2 heteroatoms. The third kappa shape index (κ3) is 3.71. The Labute approximate surface area is 85.6 Å². The number of hydrogen-bond acceptors (Lipinski definition) is 2. The Morgan fingerprint density at radius 3 is 1.93 bits per heavy atom. The van der Waals surface area contributed by atoms with Gasteiger partial charge in [-0.15, -0.1) is 0 Å². The van der Waals surface area contributed by atoms with E-state index in [0.717, 1.165) is 0 Å². The molecule has 0 saturated carbocycles. The standard InChI is InChI=1S/C10H12O2.C2H6/c1-10(2,12)9(11)8-6-4-3-5-7-8;1-2/h3-7,12H,1-2H3;1-2H3. The average molecular weight is 194 g/mol. The molecule has 78 valence electrons. The maximum Gasteiger partial charge on any atom is 0.193 e. The molecule has 0 fully saturated rings. The van der Waals surface area contributed by atoms with E-state index in [1.54, 1.807) is 24.3 Å². The lowest BCUT2D eigenvalue weighted by Gasteiger charge is -2.14. The summed E-state index contributed by atoms with van der Waals surface area (Å²) in [6.07, 6.45) is 0. The van der Waals surface area contributed by atoms with Crippen LogP contribution >= 0.6 is 0 Å². The summed E-state index contributed by atoms with van der Waals surface area (Å²) in [6, 6.07) is 8.78. The molecule has 1 aromatic rings. The number of carbonyl (C=O) groups is 1. The van der Waals surface area contributed by atoms with Gasteiger partial charge >= 0.3 is 0 Å². The Kier molecular flexibility index (Phi) is 5.10. The van der Waals surface area contributed by atoms with Crippen LogP contribution in [-0.4, -0.2) is 16.5 Å². The fourth-order valence-electron chi connectivity index (χ4n) is 0.943. The molecule has 1 aromatic carbocycles. The molecule has 0 amide bonds. The van der Waals surface area contributed by atoms with Crippen molar-refractivity contribution in [2.45, 2.75) is 33.3 Å². The first-order valence-electron chi connectivity index (χ1n) is 4.84. The van der Waals surface area contributed by atoms with Gasteiger partial charge < -0.3 is 5.11 Å². The summed E-state index contributed by atoms with van der Waals surface area (Å²) < 4.78 is 0. The van der Waals surface area contributed by atoms with Crippen LogP contribution in [-0.2, 0) is 0 Å². The second-order valence-corrected chi connectivity index (χ2v) is 3.25. The lowest BCUT2D eigenvalue weighted by molar-refractivity contribution is 0.0488. The fourth-order valence-corrected chi connectivity index (χ4v) is 0.943. The van der Waals surface area contributed by atoms with Gasteiger partial charge in [0.25, 0.3) is 0 Å². The van der Waals surface area contributed by atoms with Crippen LogP contribution in [0, 0.1) is 0 Å². The Bertz CT molecular complexity index is 270. The zero-order valence-corrected chi connectivity index (χ0v) is 9.24. The van der Waals surface area contributed by atoms with E-state index in [2.05, 4.69) is 0 Å². The molecule has 0 aliphatic heterocycles. The highest BCUT2D eigenvalue weighted by molar-refractivity contribution is 6.01. The van der Waals surface area contributed by atoms with Crippen molar-refractivity contribution in [2.75, 3.05) is 0 Å². The molecular weight excluding hydrogens is 176 g/mol. The first-order chi connectivity index (χ1) is 6.52. The van der Waals surface area contributed by atoms with Gasteiger partial charge in [0.1, 0.15) is 5.60 Å². The lowest BCUT2D eigenvalue weighted by Crippen LogP contribution is -2.30. The van der Waals surface area contributed by atoms with Crippen molar-refractivity contribution < 1.29 is 9.90 Å². The van der Waals surface area contributed by atoms with Gasteiger partial charge in [0.05, 0.1) is 0 Å². The number of hydrogen-bond donors (Lipinski definition) is 1. The normalized spacial score (nSPS) is 10.1. The second-order valence-electron chi connectivity index (χ2n) is 3.25. The number of benzene rings is 1. The summed E-state index contributed by atoms with van der Waals surface area (Å²) in [6.45, 7) is 6.98. The van der Waals surface area contributed by atoms with E-state index in [1.807, 2.05) is 19.9 Å². The number of carbonyl (C=O) groups excluding carboxylic acids is 1. The van der Waals surface area contributed by atoms with Crippen LogP contribution in [0.1, 0.15) is 38.1 Å². The number of Topliss-reactive ketones (excluding diaryl/α,β-unsaturated/α-hetero) is 1. The quantitative estimate of drug-likeness (QED) is 0.735. The largest absolute Gasteiger partial charge is 0.382 e. The zero-order chi connectivity index (χ0) is 11.2. The highest BCUT2D eigenvalue weighted by Gasteiger charge is 2.24. The topological polar surface area (TPSA) is 37.3 Å². The molecule has 0 aliphatic rings. The maximum atomic E-state index is 11.4. The number of aliphatic hydroxyl groups is 1. The van der Waals surface area contributed by atoms with E-state index >= 15 is 0 Å². The lowest BCUT2D eigenvalue weighted by atomic mass is 9.97. The summed E-state index contributed by atoms with van der Waals surface area (Å²) in [5, 5.41) is 9.39. The summed E-state index contributed by atoms with van der Waals surface area (Å²) in [5.74, 6) is -0.247. The van der Waals surface area contributed by atoms with E-state index in [4.69, 9.17) is 0 Å². The van der Waals surface area contributed by atoms with Gasteiger partial charge in [-0.3, -0.25) is 4.79 Å². The first kappa shape index (κ1) is 12.8. The van der Waals surface area contributed by atoms with E-state index < -0.39 is 5.60 Å². The smallest absolute Gasteiger partial charge is 0.193 e. The Morgan fingerprint density at radius 2 is 1.57 bits per heavy atom. The Morgan fingerprint density at radius 1 is 1.14 bits per heavy atom. The zero-order valence-electron chi connectivity index (χ0n) is 9.24. The highest BCUT2D eigenvalue weighted by Crippen LogP contribution is 2.11. The number of rotatable bonds is 2. The van der Waals surface area contributed by atoms with Gasteiger partial charge in [-0.2, -0.15) is 0 Å². The molecule has 0 aromatic heterocycles. The summed E-state index contributed by atoms with van der Waals surface area (Å²) >= 11 is 0. The van der Waals surface area contributed by atoms with Gasteiger partial charge in [0.15, 0.2) is 5.78 Å². The molecular formula is C12H18O2. The molecule has 0 bridgehead atoms. The van der Waals surface area contributed by atoms with Gasteiger partial charge in [-0.05, 0) is 13.8 Å². The summed E-state index contributed by atoms with van der Waals surface area (Å²) in [5.41, 5.74) is -0.730. The van der Waals surface area contributed by atoms with Gasteiger partial charge in [-0.25, -0.2) is 0 Å². The van der Waals surface area contributed by atoms with Gasteiger partial charge in [0.2, 0.25) is 0 Å². The second kappa shape index (κ2) is 5.55. The Balaban J connectivity index is 0.000000791. The molecule has 2 nitrogen and oxygen atoms in total. The van der Waals surface area contributed by atoms with Crippen molar-refractivity contribution in [2.24, 2.45) is 0 Å². The molecule has 1 rings (SSSR count). The van der Waals surface area contributed by atoms with Gasteiger partial charge in [0, 0.05) is 5.56 Å². The van der Waals surface area contributed by atoms with Crippen LogP contribution in [0.4, 0.5) is 0 Å². The maximum absolute atomic E-state index is 11.4. The summed E-state index contributed by atoms with van der Waals surface area (Å²) in [7, 11) is 0. The van der Waals surface area contributed by atoms with E-state index in [9.17, 15) is 9.90 Å². The average Bonchev–Trinajstić information content (AvgIpc) is 2.20. The SMILES string of the molecule is CC.CC(C)(O)C(=O)c1ccccc1. The molecule has 0 heterocycles. The molecule has 0 radical (unpaired) electrons. The fraction of sp³-hybridized carbons (Fsp3) is 0.417. The van der Waals surface area contributed by atoms with Crippen LogP contribution in [0.2, 0.25) is 0 Å². The van der Waals surface area contributed by atoms with Crippen molar-refractivity contribution in [1.82, 2.24) is 0 Å². The predicted molar refractivity (Wildman–Crippen MR) is 58.4 cm³/mol. The van der Waals surface area contributed by atoms with Crippen LogP contribution in [0.25, 0.3) is 0 Å². The molecule has 14 heavy (non-hydrogen) atoms. The molecule has 1 N–H and O–H groups in total. The third-order valence-electron chi connectivity index (χ3n) is 1.59. The van der Waals surface area contributed by atoms with Crippen LogP contribution in [0.3, 0.4) is 0 Å². The molecule has 0 unspecified atom stereocenters.